The van der Waals surface area contributed by atoms with E-state index in [-0.39, 0.29) is 4.36 Å². The fourth-order valence-electron chi connectivity index (χ4n) is 1.16. The second-order valence-electron chi connectivity index (χ2n) is 2.95. The number of carboxylic acids is 1. The Bertz CT molecular complexity index is 426. The SMILES string of the molecule is COc1ccc(C=C([As])C(=O)O)cc1OC. The zero-order valence-electron chi connectivity index (χ0n) is 8.93. The average molecular weight is 282 g/mol. The molecule has 1 N–H and O–H groups in total. The molecule has 0 fully saturated rings. The van der Waals surface area contributed by atoms with Gasteiger partial charge in [0.05, 0.1) is 0 Å². The van der Waals surface area contributed by atoms with Gasteiger partial charge in [-0.1, -0.05) is 0 Å². The van der Waals surface area contributed by atoms with Crippen LogP contribution in [0.2, 0.25) is 0 Å². The van der Waals surface area contributed by atoms with Crippen LogP contribution >= 0.6 is 0 Å². The normalized spacial score (nSPS) is 11.1. The van der Waals surface area contributed by atoms with Gasteiger partial charge in [0, 0.05) is 0 Å². The number of aliphatic carboxylic acids is 1. The Morgan fingerprint density at radius 1 is 1.31 bits per heavy atom. The van der Waals surface area contributed by atoms with E-state index in [4.69, 9.17) is 14.6 Å². The third-order valence-electron chi connectivity index (χ3n) is 1.93. The molecule has 0 bridgehead atoms. The minimum absolute atomic E-state index is 0.208. The molecule has 1 aromatic carbocycles. The van der Waals surface area contributed by atoms with Crippen molar-refractivity contribution >= 4 is 28.9 Å². The first kappa shape index (κ1) is 12.7. The predicted octanol–water partition coefficient (Wildman–Crippen LogP) is 1.30. The van der Waals surface area contributed by atoms with Crippen LogP contribution in [0, 0.1) is 0 Å². The molecule has 0 amide bonds. The third kappa shape index (κ3) is 3.04. The summed E-state index contributed by atoms with van der Waals surface area (Å²) in [6.07, 6.45) is 1.55. The van der Waals surface area contributed by atoms with E-state index in [1.807, 2.05) is 16.9 Å². The molecule has 84 valence electrons. The molecule has 0 aliphatic carbocycles. The minimum atomic E-state index is -0.963. The van der Waals surface area contributed by atoms with Crippen LogP contribution in [0.15, 0.2) is 22.6 Å². The number of carbonyl (C=O) groups is 1. The summed E-state index contributed by atoms with van der Waals surface area (Å²) in [6, 6.07) is 5.21. The summed E-state index contributed by atoms with van der Waals surface area (Å²) in [5.41, 5.74) is 0.746. The van der Waals surface area contributed by atoms with Crippen molar-refractivity contribution in [2.24, 2.45) is 0 Å². The Kier molecular flexibility index (Phi) is 4.44. The number of rotatable bonds is 4. The number of ether oxygens (including phenoxy) is 2. The molecule has 1 aromatic rings. The van der Waals surface area contributed by atoms with Crippen molar-refractivity contribution in [3.8, 4) is 11.5 Å². The third-order valence-corrected chi connectivity index (χ3v) is 2.60. The molecule has 1 rings (SSSR count). The maximum atomic E-state index is 10.6. The summed E-state index contributed by atoms with van der Waals surface area (Å²) < 4.78 is 10.4. The summed E-state index contributed by atoms with van der Waals surface area (Å²) in [5.74, 6) is 0.221. The molecule has 0 aliphatic rings. The fraction of sp³-hybridized carbons (Fsp3) is 0.182. The van der Waals surface area contributed by atoms with Crippen LogP contribution in [0.25, 0.3) is 6.08 Å². The van der Waals surface area contributed by atoms with Crippen LogP contribution in [0.5, 0.6) is 11.5 Å². The van der Waals surface area contributed by atoms with Gasteiger partial charge < -0.3 is 0 Å². The van der Waals surface area contributed by atoms with Gasteiger partial charge in [0.1, 0.15) is 0 Å². The van der Waals surface area contributed by atoms with Gasteiger partial charge in [-0.05, 0) is 0 Å². The van der Waals surface area contributed by atoms with Crippen molar-refractivity contribution in [1.29, 1.82) is 0 Å². The zero-order chi connectivity index (χ0) is 12.1. The number of hydrogen-bond acceptors (Lipinski definition) is 3. The van der Waals surface area contributed by atoms with Crippen LogP contribution in [0.1, 0.15) is 5.56 Å². The van der Waals surface area contributed by atoms with Crippen LogP contribution in [0.3, 0.4) is 0 Å². The van der Waals surface area contributed by atoms with Crippen molar-refractivity contribution in [3.63, 3.8) is 0 Å². The summed E-state index contributed by atoms with van der Waals surface area (Å²) in [7, 11) is 3.08. The van der Waals surface area contributed by atoms with Crippen molar-refractivity contribution in [2.75, 3.05) is 14.2 Å². The molecular weight excluding hydrogens is 271 g/mol. The fourth-order valence-corrected chi connectivity index (χ4v) is 1.47. The second-order valence-corrected chi connectivity index (χ2v) is 3.96. The number of hydrogen-bond donors (Lipinski definition) is 1. The second kappa shape index (κ2) is 5.61. The van der Waals surface area contributed by atoms with Crippen molar-refractivity contribution < 1.29 is 19.4 Å². The summed E-state index contributed by atoms with van der Waals surface area (Å²) in [6.45, 7) is 0. The predicted molar refractivity (Wildman–Crippen MR) is 60.9 cm³/mol. The summed E-state index contributed by atoms with van der Waals surface area (Å²) >= 11 is 2.01. The van der Waals surface area contributed by atoms with E-state index in [0.717, 1.165) is 5.56 Å². The van der Waals surface area contributed by atoms with Crippen molar-refractivity contribution in [1.82, 2.24) is 0 Å². The number of benzene rings is 1. The van der Waals surface area contributed by atoms with E-state index in [9.17, 15) is 4.79 Å². The maximum absolute atomic E-state index is 10.6. The molecule has 0 aromatic heterocycles. The summed E-state index contributed by atoms with van der Waals surface area (Å²) in [4.78, 5) is 10.6. The first-order valence-corrected chi connectivity index (χ1v) is 5.38. The number of methoxy groups -OCH3 is 2. The van der Waals surface area contributed by atoms with Crippen molar-refractivity contribution in [2.45, 2.75) is 0 Å². The molecule has 16 heavy (non-hydrogen) atoms. The van der Waals surface area contributed by atoms with Crippen LogP contribution in [-0.2, 0) is 4.79 Å². The van der Waals surface area contributed by atoms with Gasteiger partial charge in [-0.3, -0.25) is 0 Å². The van der Waals surface area contributed by atoms with Crippen LogP contribution in [0.4, 0.5) is 0 Å². The van der Waals surface area contributed by atoms with E-state index < -0.39 is 5.97 Å². The number of carboxylic acid groups (broad SMARTS) is 1. The van der Waals surface area contributed by atoms with Crippen LogP contribution < -0.4 is 9.47 Å². The van der Waals surface area contributed by atoms with Gasteiger partial charge in [0.25, 0.3) is 0 Å². The molecule has 4 nitrogen and oxygen atoms in total. The topological polar surface area (TPSA) is 55.8 Å². The quantitative estimate of drug-likeness (QED) is 0.668. The monoisotopic (exact) mass is 282 g/mol. The van der Waals surface area contributed by atoms with Crippen molar-refractivity contribution in [3.05, 3.63) is 28.1 Å². The molecule has 0 aliphatic heterocycles. The Balaban J connectivity index is 3.09. The van der Waals surface area contributed by atoms with E-state index in [0.29, 0.717) is 11.5 Å². The average Bonchev–Trinajstić information content (AvgIpc) is 2.28. The van der Waals surface area contributed by atoms with Crippen LogP contribution in [-0.4, -0.2) is 42.1 Å². The first-order chi connectivity index (χ1) is 7.58. The van der Waals surface area contributed by atoms with Gasteiger partial charge in [0.2, 0.25) is 0 Å². The Hall–Kier alpha value is -1.41. The molecule has 0 unspecified atom stereocenters. The zero-order valence-corrected chi connectivity index (χ0v) is 10.8. The standard InChI is InChI=1S/C11H11AsO4/c1-15-9-4-3-7(6-10(9)16-2)5-8(12)11(13)14/h3-6H,1-2H3,(H,13,14). The summed E-state index contributed by atoms with van der Waals surface area (Å²) in [5, 5.41) is 8.73. The molecular formula is C11H11AsO4. The van der Waals surface area contributed by atoms with Gasteiger partial charge >= 0.3 is 102 Å². The molecule has 0 saturated carbocycles. The van der Waals surface area contributed by atoms with Gasteiger partial charge in [-0.25, -0.2) is 0 Å². The molecule has 0 spiro atoms. The van der Waals surface area contributed by atoms with Gasteiger partial charge in [-0.15, -0.1) is 0 Å². The molecule has 5 heteroatoms. The van der Waals surface area contributed by atoms with E-state index >= 15 is 0 Å². The Morgan fingerprint density at radius 3 is 2.44 bits per heavy atom. The molecule has 0 heterocycles. The van der Waals surface area contributed by atoms with E-state index in [1.54, 1.807) is 31.4 Å². The van der Waals surface area contributed by atoms with Gasteiger partial charge in [-0.2, -0.15) is 0 Å². The molecule has 0 atom stereocenters. The van der Waals surface area contributed by atoms with E-state index in [2.05, 4.69) is 0 Å². The Labute approximate surface area is 102 Å². The molecule has 2 radical (unpaired) electrons. The Morgan fingerprint density at radius 2 is 1.94 bits per heavy atom. The van der Waals surface area contributed by atoms with Gasteiger partial charge in [0.15, 0.2) is 0 Å². The molecule has 0 saturated heterocycles. The van der Waals surface area contributed by atoms with E-state index in [1.165, 1.54) is 7.11 Å². The first-order valence-electron chi connectivity index (χ1n) is 4.44.